The topological polar surface area (TPSA) is 83.2 Å². The minimum Gasteiger partial charge on any atom is -0.870 e. The Balaban J connectivity index is -0.00000000667. The van der Waals surface area contributed by atoms with Crippen molar-refractivity contribution in [2.24, 2.45) is 0 Å². The summed E-state index contributed by atoms with van der Waals surface area (Å²) in [5, 5.41) is 7.57. The van der Waals surface area contributed by atoms with E-state index in [1.165, 1.54) is 0 Å². The van der Waals surface area contributed by atoms with Crippen molar-refractivity contribution in [1.82, 2.24) is 0 Å². The molecule has 0 aliphatic rings. The molecule has 0 aliphatic heterocycles. The molecule has 5 N–H and O–H groups in total. The molecule has 0 heterocycles. The summed E-state index contributed by atoms with van der Waals surface area (Å²) < 4.78 is 0. The fourth-order valence-corrected chi connectivity index (χ4v) is 0. The van der Waals surface area contributed by atoms with Gasteiger partial charge in [0.05, 0.1) is 0 Å². The van der Waals surface area contributed by atoms with Crippen molar-refractivity contribution in [3.63, 3.8) is 0 Å². The minimum atomic E-state index is 0. The normalized spacial score (nSPS) is 3.00. The molecule has 0 rings (SSSR count). The third kappa shape index (κ3) is 94.9. The van der Waals surface area contributed by atoms with Gasteiger partial charge in [0, 0.05) is 36.2 Å². The maximum absolute atomic E-state index is 7.57. The van der Waals surface area contributed by atoms with Crippen LogP contribution in [-0.4, -0.2) is 46.7 Å². The summed E-state index contributed by atoms with van der Waals surface area (Å²) in [4.78, 5) is 0. The van der Waals surface area contributed by atoms with Crippen LogP contribution < -0.4 is 0 Å². The fraction of sp³-hybridized carbons (Fsp3) is 1.00. The predicted octanol–water partition coefficient (Wildman–Crippen LogP) is -1.48. The molecule has 4 heteroatoms. The molecule has 37 valence electrons. The van der Waals surface area contributed by atoms with E-state index in [1.807, 2.05) is 0 Å². The summed E-state index contributed by atoms with van der Waals surface area (Å²) in [6.45, 7) is 1.93. The Hall–Kier alpha value is 0.880. The van der Waals surface area contributed by atoms with Crippen molar-refractivity contribution >= 4 is 29.6 Å². The smallest absolute Gasteiger partial charge is 0.0402 e. The van der Waals surface area contributed by atoms with E-state index < -0.39 is 0 Å². The Morgan fingerprint density at radius 1 is 1.50 bits per heavy atom. The van der Waals surface area contributed by atoms with Gasteiger partial charge in [-0.05, 0) is 6.92 Å². The van der Waals surface area contributed by atoms with Gasteiger partial charge in [0.1, 0.15) is 0 Å². The van der Waals surface area contributed by atoms with E-state index in [-0.39, 0.29) is 47.1 Å². The summed E-state index contributed by atoms with van der Waals surface area (Å²) >= 11 is 0. The van der Waals surface area contributed by atoms with Crippen LogP contribution in [0.5, 0.6) is 0 Å². The molecule has 0 aliphatic carbocycles. The molecule has 0 saturated heterocycles. The van der Waals surface area contributed by atoms with Crippen molar-refractivity contribution in [2.45, 2.75) is 6.92 Å². The van der Waals surface area contributed by atoms with Gasteiger partial charge in [0.2, 0.25) is 0 Å². The van der Waals surface area contributed by atoms with E-state index in [0.717, 1.165) is 0 Å². The molecule has 0 saturated carbocycles. The summed E-state index contributed by atoms with van der Waals surface area (Å²) in [5.74, 6) is 0. The zero-order valence-electron chi connectivity index (χ0n) is 4.18. The minimum absolute atomic E-state index is 0. The van der Waals surface area contributed by atoms with Gasteiger partial charge in [-0.2, -0.15) is 0 Å². The van der Waals surface area contributed by atoms with Crippen molar-refractivity contribution in [3.05, 3.63) is 0 Å². The Kier molecular flexibility index (Phi) is 189. The summed E-state index contributed by atoms with van der Waals surface area (Å²) in [6.07, 6.45) is 0. The van der Waals surface area contributed by atoms with Crippen molar-refractivity contribution in [2.75, 3.05) is 6.61 Å². The largest absolute Gasteiger partial charge is 0.870 e. The third-order valence-corrected chi connectivity index (χ3v) is 0. The van der Waals surface area contributed by atoms with Gasteiger partial charge in [-0.15, -0.1) is 0 Å². The van der Waals surface area contributed by atoms with Crippen LogP contribution in [-0.2, 0) is 5.48 Å². The molecule has 0 spiro atoms. The summed E-state index contributed by atoms with van der Waals surface area (Å²) in [7, 11) is 0. The van der Waals surface area contributed by atoms with Gasteiger partial charge in [-0.3, -0.25) is 0 Å². The average Bonchev–Trinajstić information content (AvgIpc) is 0.918. The predicted molar refractivity (Wildman–Crippen MR) is 25.3 cm³/mol. The second kappa shape index (κ2) is 39.6. The first kappa shape index (κ1) is 28.7. The van der Waals surface area contributed by atoms with Crippen molar-refractivity contribution < 1.29 is 16.1 Å². The molecule has 6 heavy (non-hydrogen) atoms. The molecule has 0 aromatic heterocycles. The van der Waals surface area contributed by atoms with Gasteiger partial charge in [-0.25, -0.2) is 0 Å². The standard InChI is InChI=1S/C2H6O.Na.2H2O/c1-2-3;;;/h3H,2H2,1H3;;2*1H2. The van der Waals surface area contributed by atoms with E-state index in [1.54, 1.807) is 6.92 Å². The van der Waals surface area contributed by atoms with Crippen molar-refractivity contribution in [3.8, 4) is 0 Å². The molecule has 0 aromatic carbocycles. The molecule has 0 bridgehead atoms. The second-order valence-corrected chi connectivity index (χ2v) is 0.316. The Bertz CT molecular complexity index is 8.75. The quantitative estimate of drug-likeness (QED) is 0.301. The molecular weight excluding hydrogens is 95.0 g/mol. The zero-order chi connectivity index (χ0) is 2.71. The fourth-order valence-electron chi connectivity index (χ4n) is 0. The molecular formula is C2H10NaO3. The number of aliphatic hydroxyl groups is 1. The molecule has 0 amide bonds. The van der Waals surface area contributed by atoms with Crippen LogP contribution in [0.25, 0.3) is 0 Å². The first-order valence-electron chi connectivity index (χ1n) is 1.02. The summed E-state index contributed by atoms with van der Waals surface area (Å²) in [5.41, 5.74) is 0. The van der Waals surface area contributed by atoms with E-state index in [9.17, 15) is 0 Å². The molecule has 0 fully saturated rings. The van der Waals surface area contributed by atoms with Crippen LogP contribution in [0.2, 0.25) is 0 Å². The number of hydrogen-bond donors (Lipinski definition) is 1. The first-order chi connectivity index (χ1) is 1.41. The second-order valence-electron chi connectivity index (χ2n) is 0.316. The van der Waals surface area contributed by atoms with E-state index in [2.05, 4.69) is 0 Å². The van der Waals surface area contributed by atoms with Crippen LogP contribution in [0.15, 0.2) is 0 Å². The third-order valence-electron chi connectivity index (χ3n) is 0. The van der Waals surface area contributed by atoms with Crippen LogP contribution >= 0.6 is 0 Å². The van der Waals surface area contributed by atoms with Crippen LogP contribution in [0.1, 0.15) is 6.92 Å². The summed E-state index contributed by atoms with van der Waals surface area (Å²) in [6, 6.07) is 0. The van der Waals surface area contributed by atoms with E-state index in [0.29, 0.717) is 0 Å². The van der Waals surface area contributed by atoms with Gasteiger partial charge >= 0.3 is 0 Å². The van der Waals surface area contributed by atoms with Crippen LogP contribution in [0.4, 0.5) is 0 Å². The van der Waals surface area contributed by atoms with Gasteiger partial charge < -0.3 is 16.1 Å². The average molecular weight is 105 g/mol. The molecule has 3 nitrogen and oxygen atoms in total. The maximum Gasteiger partial charge on any atom is 0.0402 e. The van der Waals surface area contributed by atoms with Gasteiger partial charge in [0.25, 0.3) is 0 Å². The Morgan fingerprint density at radius 2 is 1.50 bits per heavy atom. The van der Waals surface area contributed by atoms with Gasteiger partial charge in [-0.1, -0.05) is 0 Å². The van der Waals surface area contributed by atoms with Crippen molar-refractivity contribution in [1.29, 1.82) is 0 Å². The number of hydrogen-bond acceptors (Lipinski definition) is 2. The Labute approximate surface area is 59.3 Å². The number of aliphatic hydroxyl groups excluding tert-OH is 1. The van der Waals surface area contributed by atoms with Crippen LogP contribution in [0.3, 0.4) is 0 Å². The first-order valence-corrected chi connectivity index (χ1v) is 1.02. The molecule has 0 unspecified atom stereocenters. The van der Waals surface area contributed by atoms with Crippen LogP contribution in [0, 0.1) is 0 Å². The molecule has 0 aromatic rings. The van der Waals surface area contributed by atoms with E-state index >= 15 is 0 Å². The SMILES string of the molecule is CCO.[Na].[OH-].[OH3+]. The Morgan fingerprint density at radius 3 is 1.50 bits per heavy atom. The maximum atomic E-state index is 7.57. The molecule has 1 radical (unpaired) electrons. The monoisotopic (exact) mass is 105 g/mol. The number of rotatable bonds is 0. The van der Waals surface area contributed by atoms with Gasteiger partial charge in [0.15, 0.2) is 0 Å². The zero-order valence-corrected chi connectivity index (χ0v) is 6.18. The van der Waals surface area contributed by atoms with E-state index in [4.69, 9.17) is 5.11 Å². The molecule has 0 atom stereocenters.